The van der Waals surface area contributed by atoms with Gasteiger partial charge in [0.1, 0.15) is 0 Å². The summed E-state index contributed by atoms with van der Waals surface area (Å²) in [5.41, 5.74) is 0. The van der Waals surface area contributed by atoms with Crippen LogP contribution in [0.1, 0.15) is 26.2 Å². The zero-order chi connectivity index (χ0) is 8.27. The second-order valence-corrected chi connectivity index (χ2v) is 3.15. The minimum Gasteiger partial charge on any atom is -0.352 e. The van der Waals surface area contributed by atoms with Crippen LogP contribution < -0.4 is 10.6 Å². The second-order valence-electron chi connectivity index (χ2n) is 3.15. The molecule has 0 saturated heterocycles. The quantitative estimate of drug-likeness (QED) is 0.615. The van der Waals surface area contributed by atoms with Crippen LogP contribution in [0.5, 0.6) is 0 Å². The molecular formula is C8H16N2O. The van der Waals surface area contributed by atoms with E-state index >= 15 is 0 Å². The maximum Gasteiger partial charge on any atom is 0.237 e. The lowest BCUT2D eigenvalue weighted by Crippen LogP contribution is -2.47. The largest absolute Gasteiger partial charge is 0.352 e. The molecule has 1 aliphatic rings. The molecule has 1 atom stereocenters. The van der Waals surface area contributed by atoms with Crippen molar-refractivity contribution in [3.05, 3.63) is 0 Å². The molecule has 2 N–H and O–H groups in total. The van der Waals surface area contributed by atoms with Crippen molar-refractivity contribution >= 4 is 5.91 Å². The topological polar surface area (TPSA) is 41.1 Å². The number of amides is 1. The number of rotatable bonds is 3. The summed E-state index contributed by atoms with van der Waals surface area (Å²) in [5.74, 6) is 0.122. The highest BCUT2D eigenvalue weighted by Crippen LogP contribution is 2.17. The molecule has 0 bridgehead atoms. The SMILES string of the molecule is CN[C@@H](C)C(=O)NC1CCC1. The van der Waals surface area contributed by atoms with Crippen LogP contribution in [0.15, 0.2) is 0 Å². The van der Waals surface area contributed by atoms with Crippen LogP contribution in [0.4, 0.5) is 0 Å². The Morgan fingerprint density at radius 2 is 2.18 bits per heavy atom. The van der Waals surface area contributed by atoms with E-state index < -0.39 is 0 Å². The first kappa shape index (κ1) is 8.53. The van der Waals surface area contributed by atoms with Crippen LogP contribution in [-0.4, -0.2) is 25.0 Å². The van der Waals surface area contributed by atoms with Gasteiger partial charge in [-0.25, -0.2) is 0 Å². The molecule has 11 heavy (non-hydrogen) atoms. The average molecular weight is 156 g/mol. The fourth-order valence-electron chi connectivity index (χ4n) is 1.01. The Hall–Kier alpha value is -0.570. The van der Waals surface area contributed by atoms with Gasteiger partial charge in [-0.1, -0.05) is 0 Å². The summed E-state index contributed by atoms with van der Waals surface area (Å²) in [4.78, 5) is 11.2. The lowest BCUT2D eigenvalue weighted by Gasteiger charge is -2.27. The molecular weight excluding hydrogens is 140 g/mol. The van der Waals surface area contributed by atoms with Gasteiger partial charge in [0.05, 0.1) is 6.04 Å². The van der Waals surface area contributed by atoms with E-state index in [9.17, 15) is 4.79 Å². The van der Waals surface area contributed by atoms with Gasteiger partial charge >= 0.3 is 0 Å². The van der Waals surface area contributed by atoms with Crippen molar-refractivity contribution in [1.29, 1.82) is 0 Å². The lowest BCUT2D eigenvalue weighted by molar-refractivity contribution is -0.123. The van der Waals surface area contributed by atoms with Crippen molar-refractivity contribution in [2.24, 2.45) is 0 Å². The summed E-state index contributed by atoms with van der Waals surface area (Å²) in [7, 11) is 1.80. The van der Waals surface area contributed by atoms with E-state index in [-0.39, 0.29) is 11.9 Å². The van der Waals surface area contributed by atoms with Crippen LogP contribution in [-0.2, 0) is 4.79 Å². The monoisotopic (exact) mass is 156 g/mol. The Morgan fingerprint density at radius 3 is 2.55 bits per heavy atom. The zero-order valence-corrected chi connectivity index (χ0v) is 7.18. The van der Waals surface area contributed by atoms with Crippen LogP contribution in [0, 0.1) is 0 Å². The van der Waals surface area contributed by atoms with Gasteiger partial charge in [0.25, 0.3) is 0 Å². The number of carbonyl (C=O) groups excluding carboxylic acids is 1. The Morgan fingerprint density at radius 1 is 1.55 bits per heavy atom. The number of likely N-dealkylation sites (N-methyl/N-ethyl adjacent to an activating group) is 1. The van der Waals surface area contributed by atoms with Crippen LogP contribution in [0.25, 0.3) is 0 Å². The Bertz CT molecular complexity index is 143. The summed E-state index contributed by atoms with van der Waals surface area (Å²) in [6.45, 7) is 1.87. The highest BCUT2D eigenvalue weighted by atomic mass is 16.2. The molecule has 1 aliphatic carbocycles. The first-order valence-electron chi connectivity index (χ1n) is 4.21. The van der Waals surface area contributed by atoms with Gasteiger partial charge in [-0.2, -0.15) is 0 Å². The van der Waals surface area contributed by atoms with Crippen molar-refractivity contribution in [1.82, 2.24) is 10.6 Å². The van der Waals surface area contributed by atoms with Gasteiger partial charge in [-0.15, -0.1) is 0 Å². The Labute approximate surface area is 67.5 Å². The first-order chi connectivity index (χ1) is 5.24. The van der Waals surface area contributed by atoms with Crippen LogP contribution in [0.2, 0.25) is 0 Å². The van der Waals surface area contributed by atoms with Gasteiger partial charge in [0.2, 0.25) is 5.91 Å². The molecule has 1 amide bonds. The molecule has 0 unspecified atom stereocenters. The van der Waals surface area contributed by atoms with E-state index in [2.05, 4.69) is 10.6 Å². The molecule has 0 heterocycles. The van der Waals surface area contributed by atoms with Crippen LogP contribution in [0.3, 0.4) is 0 Å². The Kier molecular flexibility index (Phi) is 2.88. The smallest absolute Gasteiger partial charge is 0.237 e. The number of hydrogen-bond donors (Lipinski definition) is 2. The van der Waals surface area contributed by atoms with Gasteiger partial charge in [-0.05, 0) is 33.2 Å². The van der Waals surface area contributed by atoms with E-state index in [1.807, 2.05) is 6.92 Å². The molecule has 64 valence electrons. The van der Waals surface area contributed by atoms with Gasteiger partial charge in [-0.3, -0.25) is 4.79 Å². The molecule has 0 aliphatic heterocycles. The normalized spacial score (nSPS) is 20.5. The average Bonchev–Trinajstić information content (AvgIpc) is 1.94. The Balaban J connectivity index is 2.19. The van der Waals surface area contributed by atoms with Gasteiger partial charge in [0.15, 0.2) is 0 Å². The molecule has 3 nitrogen and oxygen atoms in total. The summed E-state index contributed by atoms with van der Waals surface area (Å²) < 4.78 is 0. The van der Waals surface area contributed by atoms with Gasteiger partial charge < -0.3 is 10.6 Å². The summed E-state index contributed by atoms with van der Waals surface area (Å²) in [6.07, 6.45) is 3.57. The summed E-state index contributed by atoms with van der Waals surface area (Å²) in [6, 6.07) is 0.397. The third-order valence-corrected chi connectivity index (χ3v) is 2.28. The van der Waals surface area contributed by atoms with Crippen LogP contribution >= 0.6 is 0 Å². The minimum atomic E-state index is -0.0596. The van der Waals surface area contributed by atoms with Crippen molar-refractivity contribution in [3.8, 4) is 0 Å². The van der Waals surface area contributed by atoms with Crippen molar-refractivity contribution in [2.75, 3.05) is 7.05 Å². The van der Waals surface area contributed by atoms with E-state index in [0.29, 0.717) is 6.04 Å². The maximum atomic E-state index is 11.2. The molecule has 0 aromatic heterocycles. The van der Waals surface area contributed by atoms with Gasteiger partial charge in [0, 0.05) is 6.04 Å². The lowest BCUT2D eigenvalue weighted by atomic mass is 9.93. The first-order valence-corrected chi connectivity index (χ1v) is 4.21. The standard InChI is InChI=1S/C8H16N2O/c1-6(9-2)8(11)10-7-4-3-5-7/h6-7,9H,3-5H2,1-2H3,(H,10,11)/t6-/m0/s1. The summed E-state index contributed by atoms with van der Waals surface area (Å²) in [5, 5.41) is 5.87. The highest BCUT2D eigenvalue weighted by Gasteiger charge is 2.21. The molecule has 0 aromatic carbocycles. The third kappa shape index (κ3) is 2.19. The van der Waals surface area contributed by atoms with E-state index in [0.717, 1.165) is 12.8 Å². The zero-order valence-electron chi connectivity index (χ0n) is 7.18. The number of nitrogens with one attached hydrogen (secondary N) is 2. The molecule has 1 saturated carbocycles. The summed E-state index contributed by atoms with van der Waals surface area (Å²) >= 11 is 0. The highest BCUT2D eigenvalue weighted by molar-refractivity contribution is 5.81. The third-order valence-electron chi connectivity index (χ3n) is 2.28. The maximum absolute atomic E-state index is 11.2. The van der Waals surface area contributed by atoms with E-state index in [4.69, 9.17) is 0 Å². The predicted octanol–water partition coefficient (Wildman–Crippen LogP) is 0.263. The number of hydrogen-bond acceptors (Lipinski definition) is 2. The number of carbonyl (C=O) groups is 1. The molecule has 1 fully saturated rings. The van der Waals surface area contributed by atoms with Crippen molar-refractivity contribution < 1.29 is 4.79 Å². The predicted molar refractivity (Wildman–Crippen MR) is 44.3 cm³/mol. The van der Waals surface area contributed by atoms with E-state index in [1.165, 1.54) is 6.42 Å². The molecule has 0 spiro atoms. The fourth-order valence-corrected chi connectivity index (χ4v) is 1.01. The molecule has 1 rings (SSSR count). The van der Waals surface area contributed by atoms with Crippen molar-refractivity contribution in [3.63, 3.8) is 0 Å². The minimum absolute atomic E-state index is 0.0596. The fraction of sp³-hybridized carbons (Fsp3) is 0.875. The molecule has 0 aromatic rings. The second kappa shape index (κ2) is 3.72. The molecule has 3 heteroatoms. The van der Waals surface area contributed by atoms with Crippen molar-refractivity contribution in [2.45, 2.75) is 38.3 Å². The molecule has 0 radical (unpaired) electrons. The van der Waals surface area contributed by atoms with E-state index in [1.54, 1.807) is 7.05 Å².